The molecule has 1 aliphatic heterocycles. The Morgan fingerprint density at radius 1 is 1.00 bits per heavy atom. The highest BCUT2D eigenvalue weighted by Gasteiger charge is 2.36. The number of carbonyl (C=O) groups excluding carboxylic acids is 3. The summed E-state index contributed by atoms with van der Waals surface area (Å²) in [6.45, 7) is 8.03. The SMILES string of the molecule is CCCCCCCCCCCCCCCC(=O)OCc1cc(OC)c2c(c1C=O)OC(C)(CC(=C=O)C=C(C)C)CC2. The van der Waals surface area contributed by atoms with Crippen LogP contribution in [-0.4, -0.2) is 30.9 Å². The molecule has 0 bridgehead atoms. The maximum absolute atomic E-state index is 12.5. The Bertz CT molecular complexity index is 1080. The number of hydrogen-bond acceptors (Lipinski definition) is 6. The van der Waals surface area contributed by atoms with Gasteiger partial charge in [-0.15, -0.1) is 0 Å². The van der Waals surface area contributed by atoms with Gasteiger partial charge in [0.2, 0.25) is 0 Å². The molecule has 1 atom stereocenters. The van der Waals surface area contributed by atoms with Crippen molar-refractivity contribution in [3.8, 4) is 11.5 Å². The Labute approximate surface area is 254 Å². The highest BCUT2D eigenvalue weighted by Crippen LogP contribution is 2.44. The number of esters is 1. The fourth-order valence-corrected chi connectivity index (χ4v) is 5.72. The van der Waals surface area contributed by atoms with Gasteiger partial charge in [0.1, 0.15) is 29.6 Å². The second-order valence-corrected chi connectivity index (χ2v) is 12.3. The molecule has 0 amide bonds. The van der Waals surface area contributed by atoms with E-state index in [1.165, 1.54) is 64.2 Å². The van der Waals surface area contributed by atoms with Crippen LogP contribution in [0.5, 0.6) is 11.5 Å². The summed E-state index contributed by atoms with van der Waals surface area (Å²) in [7, 11) is 1.58. The van der Waals surface area contributed by atoms with Gasteiger partial charge in [0.05, 0.1) is 12.7 Å². The quantitative estimate of drug-likeness (QED) is 0.0473. The second kappa shape index (κ2) is 19.4. The van der Waals surface area contributed by atoms with Gasteiger partial charge in [-0.05, 0) is 52.2 Å². The molecule has 0 saturated heterocycles. The first kappa shape index (κ1) is 35.3. The number of aldehydes is 1. The minimum Gasteiger partial charge on any atom is -0.496 e. The molecular weight excluding hydrogens is 528 g/mol. The molecule has 6 heteroatoms. The van der Waals surface area contributed by atoms with Crippen LogP contribution in [0.4, 0.5) is 0 Å². The van der Waals surface area contributed by atoms with Crippen LogP contribution in [-0.2, 0) is 27.4 Å². The molecule has 0 fully saturated rings. The highest BCUT2D eigenvalue weighted by molar-refractivity contribution is 5.84. The van der Waals surface area contributed by atoms with Crippen molar-refractivity contribution in [1.29, 1.82) is 0 Å². The fraction of sp³-hybridized carbons (Fsp3) is 0.667. The summed E-state index contributed by atoms with van der Waals surface area (Å²) < 4.78 is 17.6. The lowest BCUT2D eigenvalue weighted by atomic mass is 9.85. The Kier molecular flexibility index (Phi) is 16.3. The zero-order chi connectivity index (χ0) is 30.8. The minimum atomic E-state index is -0.683. The molecule has 234 valence electrons. The van der Waals surface area contributed by atoms with E-state index in [9.17, 15) is 14.4 Å². The zero-order valence-corrected chi connectivity index (χ0v) is 26.9. The number of ether oxygens (including phenoxy) is 3. The van der Waals surface area contributed by atoms with E-state index in [1.807, 2.05) is 32.8 Å². The van der Waals surface area contributed by atoms with Crippen molar-refractivity contribution in [2.75, 3.05) is 7.11 Å². The molecule has 2 rings (SSSR count). The zero-order valence-electron chi connectivity index (χ0n) is 26.9. The maximum Gasteiger partial charge on any atom is 0.306 e. The van der Waals surface area contributed by atoms with E-state index in [1.54, 1.807) is 13.2 Å². The number of carbonyl (C=O) groups is 2. The van der Waals surface area contributed by atoms with Crippen molar-refractivity contribution in [2.24, 2.45) is 0 Å². The van der Waals surface area contributed by atoms with Gasteiger partial charge < -0.3 is 14.2 Å². The number of allylic oxidation sites excluding steroid dienone is 2. The third-order valence-electron chi connectivity index (χ3n) is 8.09. The lowest BCUT2D eigenvalue weighted by Gasteiger charge is -2.37. The summed E-state index contributed by atoms with van der Waals surface area (Å²) in [6.07, 6.45) is 20.9. The van der Waals surface area contributed by atoms with Crippen LogP contribution < -0.4 is 9.47 Å². The number of methoxy groups -OCH3 is 1. The first-order valence-electron chi connectivity index (χ1n) is 16.2. The third kappa shape index (κ3) is 12.2. The molecule has 1 unspecified atom stereocenters. The molecule has 0 radical (unpaired) electrons. The maximum atomic E-state index is 12.5. The van der Waals surface area contributed by atoms with Gasteiger partial charge in [-0.25, -0.2) is 4.79 Å². The van der Waals surface area contributed by atoms with Crippen molar-refractivity contribution < 1.29 is 28.6 Å². The minimum absolute atomic E-state index is 0.0215. The van der Waals surface area contributed by atoms with E-state index in [0.29, 0.717) is 53.9 Å². The van der Waals surface area contributed by atoms with E-state index in [0.717, 1.165) is 36.7 Å². The van der Waals surface area contributed by atoms with Gasteiger partial charge in [-0.2, -0.15) is 0 Å². The fourth-order valence-electron chi connectivity index (χ4n) is 5.72. The van der Waals surface area contributed by atoms with Crippen LogP contribution in [0.3, 0.4) is 0 Å². The first-order valence-corrected chi connectivity index (χ1v) is 16.2. The summed E-state index contributed by atoms with van der Waals surface area (Å²) in [4.78, 5) is 36.3. The Morgan fingerprint density at radius 2 is 1.60 bits per heavy atom. The van der Waals surface area contributed by atoms with E-state index >= 15 is 0 Å². The standard InChI is InChI=1S/C36H54O6/c1-6-7-8-9-10-11-12-13-14-15-16-17-18-19-34(39)41-27-30-23-33(40-5)31-20-21-36(4,42-35(31)32(30)26-38)24-29(25-37)22-28(2)3/h22-23,26H,6-21,24,27H2,1-5H3. The van der Waals surface area contributed by atoms with Crippen molar-refractivity contribution >= 4 is 18.2 Å². The van der Waals surface area contributed by atoms with Gasteiger partial charge >= 0.3 is 5.97 Å². The Hall–Kier alpha value is -2.85. The molecule has 0 N–H and O–H groups in total. The molecule has 0 aliphatic carbocycles. The van der Waals surface area contributed by atoms with Gasteiger partial charge in [-0.1, -0.05) is 89.5 Å². The van der Waals surface area contributed by atoms with Crippen LogP contribution in [0, 0.1) is 0 Å². The van der Waals surface area contributed by atoms with Crippen molar-refractivity contribution in [2.45, 2.75) is 149 Å². The van der Waals surface area contributed by atoms with Gasteiger partial charge in [0.25, 0.3) is 0 Å². The molecule has 1 aromatic rings. The summed E-state index contributed by atoms with van der Waals surface area (Å²) in [6, 6.07) is 1.77. The van der Waals surface area contributed by atoms with Crippen molar-refractivity contribution in [1.82, 2.24) is 0 Å². The normalized spacial score (nSPS) is 15.6. The monoisotopic (exact) mass is 582 g/mol. The number of benzene rings is 1. The number of unbranched alkanes of at least 4 members (excludes halogenated alkanes) is 12. The van der Waals surface area contributed by atoms with Crippen molar-refractivity contribution in [3.05, 3.63) is 40.0 Å². The number of hydrogen-bond donors (Lipinski definition) is 0. The molecular formula is C36H54O6. The predicted molar refractivity (Wildman–Crippen MR) is 169 cm³/mol. The molecule has 1 aromatic carbocycles. The smallest absolute Gasteiger partial charge is 0.306 e. The van der Waals surface area contributed by atoms with Crippen LogP contribution in [0.1, 0.15) is 152 Å². The van der Waals surface area contributed by atoms with Gasteiger partial charge in [0, 0.05) is 29.5 Å². The predicted octanol–water partition coefficient (Wildman–Crippen LogP) is 9.23. The molecule has 6 nitrogen and oxygen atoms in total. The molecule has 1 aliphatic rings. The molecule has 0 spiro atoms. The largest absolute Gasteiger partial charge is 0.496 e. The summed E-state index contributed by atoms with van der Waals surface area (Å²) in [5.74, 6) is 2.82. The lowest BCUT2D eigenvalue weighted by Crippen LogP contribution is -2.37. The number of fused-ring (bicyclic) bond motifs is 1. The topological polar surface area (TPSA) is 78.9 Å². The van der Waals surface area contributed by atoms with E-state index in [4.69, 9.17) is 14.2 Å². The van der Waals surface area contributed by atoms with Crippen LogP contribution in [0.2, 0.25) is 0 Å². The molecule has 0 saturated carbocycles. The lowest BCUT2D eigenvalue weighted by molar-refractivity contribution is -0.145. The molecule has 0 aromatic heterocycles. The number of rotatable bonds is 21. The summed E-state index contributed by atoms with van der Waals surface area (Å²) in [5, 5.41) is 0. The Morgan fingerprint density at radius 3 is 2.12 bits per heavy atom. The van der Waals surface area contributed by atoms with Crippen LogP contribution >= 0.6 is 0 Å². The first-order chi connectivity index (χ1) is 20.3. The third-order valence-corrected chi connectivity index (χ3v) is 8.09. The average molecular weight is 583 g/mol. The van der Waals surface area contributed by atoms with E-state index in [-0.39, 0.29) is 12.6 Å². The average Bonchev–Trinajstić information content (AvgIpc) is 2.96. The summed E-state index contributed by atoms with van der Waals surface area (Å²) >= 11 is 0. The van der Waals surface area contributed by atoms with Crippen LogP contribution in [0.25, 0.3) is 0 Å². The van der Waals surface area contributed by atoms with Gasteiger partial charge in [-0.3, -0.25) is 9.59 Å². The molecule has 42 heavy (non-hydrogen) atoms. The van der Waals surface area contributed by atoms with E-state index in [2.05, 4.69) is 6.92 Å². The van der Waals surface area contributed by atoms with E-state index < -0.39 is 5.60 Å². The Balaban J connectivity index is 1.84. The van der Waals surface area contributed by atoms with Gasteiger partial charge in [0.15, 0.2) is 6.29 Å². The second-order valence-electron chi connectivity index (χ2n) is 12.3. The molecule has 1 heterocycles. The summed E-state index contributed by atoms with van der Waals surface area (Å²) in [5.41, 5.74) is 2.59. The van der Waals surface area contributed by atoms with Crippen LogP contribution in [0.15, 0.2) is 23.3 Å². The highest BCUT2D eigenvalue weighted by atomic mass is 16.5. The van der Waals surface area contributed by atoms with Crippen molar-refractivity contribution in [3.63, 3.8) is 0 Å².